The van der Waals surface area contributed by atoms with Crippen molar-refractivity contribution in [2.24, 2.45) is 0 Å². The van der Waals surface area contributed by atoms with E-state index in [4.69, 9.17) is 23.7 Å². The average Bonchev–Trinajstić information content (AvgIpc) is 3.16. The number of esters is 1. The molecule has 0 spiro atoms. The van der Waals surface area contributed by atoms with E-state index in [1.54, 1.807) is 0 Å². The van der Waals surface area contributed by atoms with Gasteiger partial charge in [0.2, 0.25) is 0 Å². The zero-order valence-corrected chi connectivity index (χ0v) is 17.6. The van der Waals surface area contributed by atoms with E-state index >= 15 is 0 Å². The fraction of sp³-hybridized carbons (Fsp3) is 0.591. The average molecular weight is 408 g/mol. The van der Waals surface area contributed by atoms with Crippen LogP contribution in [0.15, 0.2) is 24.8 Å². The van der Waals surface area contributed by atoms with Crippen molar-refractivity contribution in [3.63, 3.8) is 0 Å². The normalized spacial score (nSPS) is 16.2. The molecule has 0 aliphatic carbocycles. The summed E-state index contributed by atoms with van der Waals surface area (Å²) < 4.78 is 27.5. The number of unbranched alkanes of at least 4 members (excludes halogenated alkanes) is 1. The number of allylic oxidation sites excluding steroid dienone is 1. The molecule has 7 nitrogen and oxygen atoms in total. The van der Waals surface area contributed by atoms with Gasteiger partial charge in [-0.3, -0.25) is 0 Å². The maximum atomic E-state index is 12.6. The predicted octanol–water partition coefficient (Wildman–Crippen LogP) is 4.22. The van der Waals surface area contributed by atoms with Crippen LogP contribution in [0.1, 0.15) is 55.8 Å². The molecule has 1 fully saturated rings. The second-order valence-corrected chi connectivity index (χ2v) is 7.12. The van der Waals surface area contributed by atoms with E-state index in [2.05, 4.69) is 6.58 Å². The minimum Gasteiger partial charge on any atom is -0.507 e. The number of benzene rings is 1. The summed E-state index contributed by atoms with van der Waals surface area (Å²) in [5, 5.41) is 10.2. The van der Waals surface area contributed by atoms with Crippen LogP contribution in [0.5, 0.6) is 17.2 Å². The summed E-state index contributed by atoms with van der Waals surface area (Å²) in [5.41, 5.74) is -0.0106. The van der Waals surface area contributed by atoms with Gasteiger partial charge in [-0.1, -0.05) is 6.08 Å². The Kier molecular flexibility index (Phi) is 8.79. The number of hydrogen-bond donors (Lipinski definition) is 1. The molecule has 0 radical (unpaired) electrons. The Morgan fingerprint density at radius 2 is 1.93 bits per heavy atom. The number of methoxy groups -OCH3 is 2. The highest BCUT2D eigenvalue weighted by molar-refractivity contribution is 5.96. The Labute approximate surface area is 172 Å². The van der Waals surface area contributed by atoms with Crippen molar-refractivity contribution in [2.45, 2.75) is 57.3 Å². The number of phenols is 1. The molecule has 2 rings (SSSR count). The Bertz CT molecular complexity index is 680. The first-order chi connectivity index (χ1) is 13.9. The molecule has 162 valence electrons. The molecule has 1 aromatic carbocycles. The zero-order valence-electron chi connectivity index (χ0n) is 17.6. The predicted molar refractivity (Wildman–Crippen MR) is 109 cm³/mol. The van der Waals surface area contributed by atoms with Crippen molar-refractivity contribution in [3.05, 3.63) is 30.4 Å². The minimum atomic E-state index is -0.636. The molecule has 1 saturated heterocycles. The number of carbonyl (C=O) groups is 1. The Balaban J connectivity index is 1.89. The molecule has 1 aliphatic rings. The van der Waals surface area contributed by atoms with Gasteiger partial charge < -0.3 is 28.8 Å². The molecule has 1 N–H and O–H groups in total. The summed E-state index contributed by atoms with van der Waals surface area (Å²) >= 11 is 0. The van der Waals surface area contributed by atoms with Crippen LogP contribution in [0, 0.1) is 0 Å². The lowest BCUT2D eigenvalue weighted by molar-refractivity contribution is -0.168. The van der Waals surface area contributed by atoms with E-state index in [9.17, 15) is 9.90 Å². The van der Waals surface area contributed by atoms with E-state index in [1.807, 2.05) is 13.0 Å². The molecule has 1 aromatic rings. The minimum absolute atomic E-state index is 0.0106. The van der Waals surface area contributed by atoms with Crippen LogP contribution in [-0.4, -0.2) is 50.4 Å². The number of rotatable bonds is 12. The summed E-state index contributed by atoms with van der Waals surface area (Å²) in [5.74, 6) is -0.823. The Morgan fingerprint density at radius 1 is 1.24 bits per heavy atom. The molecule has 0 bridgehead atoms. The van der Waals surface area contributed by atoms with Crippen molar-refractivity contribution in [3.8, 4) is 17.2 Å². The maximum Gasteiger partial charge on any atom is 0.346 e. The van der Waals surface area contributed by atoms with Crippen molar-refractivity contribution < 1.29 is 33.6 Å². The van der Waals surface area contributed by atoms with Crippen LogP contribution in [0.2, 0.25) is 0 Å². The van der Waals surface area contributed by atoms with E-state index in [-0.39, 0.29) is 23.2 Å². The van der Waals surface area contributed by atoms with Gasteiger partial charge in [0.15, 0.2) is 5.79 Å². The molecule has 0 amide bonds. The van der Waals surface area contributed by atoms with Crippen LogP contribution in [0.25, 0.3) is 0 Å². The number of phenolic OH excluding ortho intramolecular Hbond substituents is 1. The summed E-state index contributed by atoms with van der Waals surface area (Å²) in [6.07, 6.45) is 6.45. The van der Waals surface area contributed by atoms with Crippen molar-refractivity contribution in [1.82, 2.24) is 0 Å². The monoisotopic (exact) mass is 408 g/mol. The van der Waals surface area contributed by atoms with Gasteiger partial charge in [0.05, 0.1) is 33.5 Å². The third kappa shape index (κ3) is 6.37. The molecule has 0 aromatic heterocycles. The second kappa shape index (κ2) is 11.1. The van der Waals surface area contributed by atoms with E-state index in [1.165, 1.54) is 26.4 Å². The third-order valence-corrected chi connectivity index (χ3v) is 4.97. The first-order valence-corrected chi connectivity index (χ1v) is 9.99. The SMILES string of the molecule is C=CCCCC1(CCC[C@H](C)OC(=O)c2c(O)cc(OC)cc2OC)OCCO1. The van der Waals surface area contributed by atoms with Gasteiger partial charge in [-0.25, -0.2) is 4.79 Å². The molecule has 1 atom stereocenters. The highest BCUT2D eigenvalue weighted by Crippen LogP contribution is 2.35. The van der Waals surface area contributed by atoms with Crippen molar-refractivity contribution in [2.75, 3.05) is 27.4 Å². The number of aromatic hydroxyl groups is 1. The quantitative estimate of drug-likeness (QED) is 0.315. The van der Waals surface area contributed by atoms with E-state index in [0.717, 1.165) is 32.1 Å². The van der Waals surface area contributed by atoms with Gasteiger partial charge in [-0.05, 0) is 32.6 Å². The van der Waals surface area contributed by atoms with Gasteiger partial charge in [0.25, 0.3) is 0 Å². The topological polar surface area (TPSA) is 83.5 Å². The first-order valence-electron chi connectivity index (χ1n) is 9.99. The number of ether oxygens (including phenoxy) is 5. The fourth-order valence-corrected chi connectivity index (χ4v) is 3.45. The molecule has 1 aliphatic heterocycles. The molecule has 29 heavy (non-hydrogen) atoms. The van der Waals surface area contributed by atoms with Gasteiger partial charge in [0, 0.05) is 25.0 Å². The van der Waals surface area contributed by atoms with E-state index < -0.39 is 11.8 Å². The van der Waals surface area contributed by atoms with Crippen LogP contribution in [-0.2, 0) is 14.2 Å². The molecule has 7 heteroatoms. The molecule has 0 saturated carbocycles. The van der Waals surface area contributed by atoms with Crippen LogP contribution in [0.3, 0.4) is 0 Å². The van der Waals surface area contributed by atoms with Crippen LogP contribution in [0.4, 0.5) is 0 Å². The highest BCUT2D eigenvalue weighted by Gasteiger charge is 2.35. The fourth-order valence-electron chi connectivity index (χ4n) is 3.45. The first kappa shape index (κ1) is 23.0. The second-order valence-electron chi connectivity index (χ2n) is 7.12. The maximum absolute atomic E-state index is 12.6. The van der Waals surface area contributed by atoms with Crippen LogP contribution >= 0.6 is 0 Å². The summed E-state index contributed by atoms with van der Waals surface area (Å²) in [6, 6.07) is 2.88. The smallest absolute Gasteiger partial charge is 0.346 e. The summed E-state index contributed by atoms with van der Waals surface area (Å²) in [6.45, 7) is 6.79. The Hall–Kier alpha value is -2.25. The standard InChI is InChI=1S/C22H32O7/c1-5-6-7-10-22(27-12-13-28-22)11-8-9-16(2)29-21(24)20-18(23)14-17(25-3)15-19(20)26-4/h5,14-16,23H,1,6-13H2,2-4H3/t16-/m0/s1. The molecular formula is C22H32O7. The van der Waals surface area contributed by atoms with Gasteiger partial charge >= 0.3 is 5.97 Å². The lowest BCUT2D eigenvalue weighted by atomic mass is 10.0. The molecule has 1 heterocycles. The van der Waals surface area contributed by atoms with E-state index in [0.29, 0.717) is 25.4 Å². The van der Waals surface area contributed by atoms with Gasteiger partial charge in [0.1, 0.15) is 22.8 Å². The summed E-state index contributed by atoms with van der Waals surface area (Å²) in [4.78, 5) is 12.6. The number of carbonyl (C=O) groups excluding carboxylic acids is 1. The zero-order chi connectivity index (χ0) is 21.3. The van der Waals surface area contributed by atoms with Gasteiger partial charge in [-0.2, -0.15) is 0 Å². The molecular weight excluding hydrogens is 376 g/mol. The molecule has 0 unspecified atom stereocenters. The Morgan fingerprint density at radius 3 is 2.55 bits per heavy atom. The largest absolute Gasteiger partial charge is 0.507 e. The highest BCUT2D eigenvalue weighted by atomic mass is 16.7. The van der Waals surface area contributed by atoms with Gasteiger partial charge in [-0.15, -0.1) is 6.58 Å². The van der Waals surface area contributed by atoms with Crippen molar-refractivity contribution in [1.29, 1.82) is 0 Å². The third-order valence-electron chi connectivity index (χ3n) is 4.97. The lowest BCUT2D eigenvalue weighted by Crippen LogP contribution is -2.30. The summed E-state index contributed by atoms with van der Waals surface area (Å²) in [7, 11) is 2.89. The van der Waals surface area contributed by atoms with Crippen molar-refractivity contribution >= 4 is 5.97 Å². The number of hydrogen-bond acceptors (Lipinski definition) is 7. The van der Waals surface area contributed by atoms with Crippen LogP contribution < -0.4 is 9.47 Å². The lowest BCUT2D eigenvalue weighted by Gasteiger charge is -2.28.